The molecule has 0 saturated carbocycles. The first kappa shape index (κ1) is 16.3. The molecule has 0 aliphatic heterocycles. The van der Waals surface area contributed by atoms with Crippen molar-refractivity contribution in [1.29, 1.82) is 0 Å². The highest BCUT2D eigenvalue weighted by Crippen LogP contribution is 2.16. The zero-order valence-corrected chi connectivity index (χ0v) is 12.0. The van der Waals surface area contributed by atoms with Crippen LogP contribution in [0.3, 0.4) is 0 Å². The maximum atomic E-state index is 13.4. The van der Waals surface area contributed by atoms with E-state index in [0.29, 0.717) is 5.56 Å². The van der Waals surface area contributed by atoms with Gasteiger partial charge in [-0.2, -0.15) is 0 Å². The number of anilines is 2. The van der Waals surface area contributed by atoms with Crippen molar-refractivity contribution in [3.8, 4) is 0 Å². The zero-order chi connectivity index (χ0) is 17.0. The summed E-state index contributed by atoms with van der Waals surface area (Å²) >= 11 is 0. The molecule has 0 aliphatic carbocycles. The second-order valence-corrected chi connectivity index (χ2v) is 4.67. The van der Waals surface area contributed by atoms with Crippen LogP contribution in [0.15, 0.2) is 42.5 Å². The fraction of sp³-hybridized carbons (Fsp3) is 0.0625. The lowest BCUT2D eigenvalue weighted by Gasteiger charge is -2.08. The van der Waals surface area contributed by atoms with Gasteiger partial charge in [-0.05, 0) is 31.2 Å². The monoisotopic (exact) mass is 318 g/mol. The fourth-order valence-corrected chi connectivity index (χ4v) is 1.78. The molecule has 2 aromatic carbocycles. The number of nitrogens with one attached hydrogen (secondary N) is 2. The Bertz CT molecular complexity index is 791. The van der Waals surface area contributed by atoms with Crippen molar-refractivity contribution in [2.24, 2.45) is 0 Å². The molecule has 0 atom stereocenters. The Morgan fingerprint density at radius 2 is 1.61 bits per heavy atom. The first-order valence-electron chi connectivity index (χ1n) is 6.55. The maximum Gasteiger partial charge on any atom is 0.314 e. The first-order chi connectivity index (χ1) is 10.9. The van der Waals surface area contributed by atoms with Crippen molar-refractivity contribution in [3.05, 3.63) is 59.7 Å². The van der Waals surface area contributed by atoms with E-state index in [1.807, 2.05) is 5.32 Å². The van der Waals surface area contributed by atoms with E-state index in [4.69, 9.17) is 0 Å². The van der Waals surface area contributed by atoms with Gasteiger partial charge in [0.15, 0.2) is 5.78 Å². The molecule has 0 bridgehead atoms. The van der Waals surface area contributed by atoms with Crippen molar-refractivity contribution in [2.45, 2.75) is 6.92 Å². The highest BCUT2D eigenvalue weighted by atomic mass is 19.1. The molecule has 2 N–H and O–H groups in total. The average molecular weight is 318 g/mol. The van der Waals surface area contributed by atoms with E-state index in [2.05, 4.69) is 5.32 Å². The summed E-state index contributed by atoms with van der Waals surface area (Å²) in [4.78, 5) is 34.7. The molecule has 2 rings (SSSR count). The van der Waals surface area contributed by atoms with E-state index < -0.39 is 29.1 Å². The third-order valence-corrected chi connectivity index (χ3v) is 2.91. The first-order valence-corrected chi connectivity index (χ1v) is 6.55. The Hall–Kier alpha value is -3.09. The van der Waals surface area contributed by atoms with Crippen LogP contribution in [0, 0.1) is 11.6 Å². The molecule has 23 heavy (non-hydrogen) atoms. The molecule has 0 spiro atoms. The molecule has 0 aromatic heterocycles. The van der Waals surface area contributed by atoms with Crippen LogP contribution >= 0.6 is 0 Å². The number of benzene rings is 2. The molecule has 0 heterocycles. The Morgan fingerprint density at radius 1 is 0.913 bits per heavy atom. The summed E-state index contributed by atoms with van der Waals surface area (Å²) in [5.41, 5.74) is 0.152. The zero-order valence-electron chi connectivity index (χ0n) is 12.0. The van der Waals surface area contributed by atoms with Gasteiger partial charge in [-0.15, -0.1) is 0 Å². The number of hydrogen-bond donors (Lipinski definition) is 2. The normalized spacial score (nSPS) is 10.0. The van der Waals surface area contributed by atoms with Crippen LogP contribution in [0.1, 0.15) is 17.3 Å². The average Bonchev–Trinajstić information content (AvgIpc) is 2.51. The van der Waals surface area contributed by atoms with Crippen molar-refractivity contribution < 1.29 is 23.2 Å². The van der Waals surface area contributed by atoms with E-state index in [0.717, 1.165) is 18.2 Å². The van der Waals surface area contributed by atoms with Crippen molar-refractivity contribution >= 4 is 29.0 Å². The van der Waals surface area contributed by atoms with Crippen LogP contribution < -0.4 is 10.6 Å². The van der Waals surface area contributed by atoms with Crippen molar-refractivity contribution in [2.75, 3.05) is 10.6 Å². The summed E-state index contributed by atoms with van der Waals surface area (Å²) in [5.74, 6) is -4.06. The summed E-state index contributed by atoms with van der Waals surface area (Å²) < 4.78 is 26.4. The third-order valence-electron chi connectivity index (χ3n) is 2.91. The molecule has 0 saturated heterocycles. The van der Waals surface area contributed by atoms with Crippen molar-refractivity contribution in [3.63, 3.8) is 0 Å². The largest absolute Gasteiger partial charge is 0.318 e. The summed E-state index contributed by atoms with van der Waals surface area (Å²) in [5, 5.41) is 4.25. The Labute approximate surface area is 130 Å². The van der Waals surface area contributed by atoms with E-state index in [1.54, 1.807) is 6.07 Å². The van der Waals surface area contributed by atoms with Gasteiger partial charge < -0.3 is 10.6 Å². The molecular weight excluding hydrogens is 306 g/mol. The minimum absolute atomic E-state index is 0.201. The summed E-state index contributed by atoms with van der Waals surface area (Å²) in [6.07, 6.45) is 0. The standard InChI is InChI=1S/C16H12F2N2O3/c1-9(21)10-3-2-4-12(7-10)19-15(22)16(23)20-14-8-11(17)5-6-13(14)18/h2-8H,1H3,(H,19,22)(H,20,23). The van der Waals surface area contributed by atoms with E-state index >= 15 is 0 Å². The van der Waals surface area contributed by atoms with Gasteiger partial charge in [0.05, 0.1) is 5.69 Å². The highest BCUT2D eigenvalue weighted by molar-refractivity contribution is 6.43. The number of Topliss-reactive ketones (excluding diaryl/α,β-unsaturated/α-hetero) is 1. The second kappa shape index (κ2) is 6.78. The highest BCUT2D eigenvalue weighted by Gasteiger charge is 2.16. The molecule has 0 aliphatic rings. The third kappa shape index (κ3) is 4.19. The maximum absolute atomic E-state index is 13.4. The van der Waals surface area contributed by atoms with E-state index in [1.165, 1.54) is 25.1 Å². The van der Waals surface area contributed by atoms with Gasteiger partial charge in [-0.25, -0.2) is 8.78 Å². The van der Waals surface area contributed by atoms with Crippen molar-refractivity contribution in [1.82, 2.24) is 0 Å². The fourth-order valence-electron chi connectivity index (χ4n) is 1.78. The molecule has 0 unspecified atom stereocenters. The lowest BCUT2D eigenvalue weighted by atomic mass is 10.1. The number of amides is 2. The molecule has 5 nitrogen and oxygen atoms in total. The van der Waals surface area contributed by atoms with Crippen LogP contribution in [-0.4, -0.2) is 17.6 Å². The summed E-state index contributed by atoms with van der Waals surface area (Å²) in [6.45, 7) is 1.36. The van der Waals surface area contributed by atoms with E-state index in [9.17, 15) is 23.2 Å². The number of carbonyl (C=O) groups is 3. The molecule has 118 valence electrons. The number of rotatable bonds is 3. The van der Waals surface area contributed by atoms with Crippen LogP contribution in [0.4, 0.5) is 20.2 Å². The molecule has 2 aromatic rings. The predicted molar refractivity (Wildman–Crippen MR) is 80.1 cm³/mol. The van der Waals surface area contributed by atoms with Gasteiger partial charge in [0.1, 0.15) is 11.6 Å². The SMILES string of the molecule is CC(=O)c1cccc(NC(=O)C(=O)Nc2cc(F)ccc2F)c1. The van der Waals surface area contributed by atoms with Gasteiger partial charge in [-0.3, -0.25) is 14.4 Å². The van der Waals surface area contributed by atoms with Crippen LogP contribution in [0.5, 0.6) is 0 Å². The Morgan fingerprint density at radius 3 is 2.30 bits per heavy atom. The van der Waals surface area contributed by atoms with E-state index in [-0.39, 0.29) is 11.5 Å². The van der Waals surface area contributed by atoms with Gasteiger partial charge in [0.2, 0.25) is 0 Å². The Balaban J connectivity index is 2.08. The minimum Gasteiger partial charge on any atom is -0.318 e. The lowest BCUT2D eigenvalue weighted by molar-refractivity contribution is -0.133. The van der Waals surface area contributed by atoms with Gasteiger partial charge in [0.25, 0.3) is 0 Å². The minimum atomic E-state index is -1.16. The van der Waals surface area contributed by atoms with Crippen LogP contribution in [0.25, 0.3) is 0 Å². The summed E-state index contributed by atoms with van der Waals surface area (Å²) in [7, 11) is 0. The number of hydrogen-bond acceptors (Lipinski definition) is 3. The van der Waals surface area contributed by atoms with Gasteiger partial charge in [0, 0.05) is 17.3 Å². The lowest BCUT2D eigenvalue weighted by Crippen LogP contribution is -2.29. The second-order valence-electron chi connectivity index (χ2n) is 4.67. The quantitative estimate of drug-likeness (QED) is 0.675. The predicted octanol–water partition coefficient (Wildman–Crippen LogP) is 2.74. The number of carbonyl (C=O) groups excluding carboxylic acids is 3. The topological polar surface area (TPSA) is 75.3 Å². The van der Waals surface area contributed by atoms with Gasteiger partial charge >= 0.3 is 11.8 Å². The molecule has 2 amide bonds. The van der Waals surface area contributed by atoms with Crippen LogP contribution in [-0.2, 0) is 9.59 Å². The number of halogens is 2. The molecule has 7 heteroatoms. The molecular formula is C16H12F2N2O3. The Kier molecular flexibility index (Phi) is 4.80. The molecule has 0 fully saturated rings. The number of ketones is 1. The molecule has 0 radical (unpaired) electrons. The van der Waals surface area contributed by atoms with Gasteiger partial charge in [-0.1, -0.05) is 12.1 Å². The van der Waals surface area contributed by atoms with Crippen LogP contribution in [0.2, 0.25) is 0 Å². The summed E-state index contributed by atoms with van der Waals surface area (Å²) in [6, 6.07) is 8.46. The smallest absolute Gasteiger partial charge is 0.314 e.